The molecule has 1 atom stereocenters. The molecule has 1 fully saturated rings. The molecule has 1 saturated heterocycles. The van der Waals surface area contributed by atoms with E-state index in [2.05, 4.69) is 31.0 Å². The third kappa shape index (κ3) is 5.77. The van der Waals surface area contributed by atoms with E-state index in [4.69, 9.17) is 4.99 Å². The molecule has 2 N–H and O–H groups in total. The fourth-order valence-corrected chi connectivity index (χ4v) is 3.31. The van der Waals surface area contributed by atoms with E-state index in [9.17, 15) is 5.11 Å². The number of phenols is 1. The Bertz CT molecular complexity index is 513. The van der Waals surface area contributed by atoms with Crippen molar-refractivity contribution >= 4 is 5.96 Å². The van der Waals surface area contributed by atoms with Crippen molar-refractivity contribution < 1.29 is 5.11 Å². The molecule has 0 aliphatic carbocycles. The van der Waals surface area contributed by atoms with Crippen molar-refractivity contribution in [2.45, 2.75) is 40.0 Å². The van der Waals surface area contributed by atoms with E-state index in [0.717, 1.165) is 56.0 Å². The molecule has 1 aromatic rings. The van der Waals surface area contributed by atoms with E-state index in [1.54, 1.807) is 6.07 Å². The van der Waals surface area contributed by atoms with Gasteiger partial charge in [-0.05, 0) is 55.7 Å². The third-order valence-corrected chi connectivity index (χ3v) is 4.30. The lowest BCUT2D eigenvalue weighted by Gasteiger charge is -2.22. The highest BCUT2D eigenvalue weighted by Crippen LogP contribution is 2.23. The molecule has 1 aliphatic heterocycles. The van der Waals surface area contributed by atoms with E-state index >= 15 is 0 Å². The number of nitrogens with one attached hydrogen (secondary N) is 1. The number of benzene rings is 1. The van der Waals surface area contributed by atoms with Gasteiger partial charge in [0.05, 0.1) is 0 Å². The van der Waals surface area contributed by atoms with Gasteiger partial charge in [0, 0.05) is 26.2 Å². The molecule has 2 rings (SSSR count). The third-order valence-electron chi connectivity index (χ3n) is 4.30. The second-order valence-corrected chi connectivity index (χ2v) is 6.89. The lowest BCUT2D eigenvalue weighted by molar-refractivity contribution is 0.403. The van der Waals surface area contributed by atoms with Crippen LogP contribution in [0.5, 0.6) is 5.75 Å². The molecular weight excluding hydrogens is 286 g/mol. The molecule has 0 amide bonds. The Morgan fingerprint density at radius 3 is 2.96 bits per heavy atom. The monoisotopic (exact) mass is 317 g/mol. The van der Waals surface area contributed by atoms with Crippen LogP contribution in [-0.2, 0) is 6.42 Å². The van der Waals surface area contributed by atoms with Gasteiger partial charge in [0.15, 0.2) is 5.96 Å². The smallest absolute Gasteiger partial charge is 0.193 e. The number of rotatable bonds is 6. The van der Waals surface area contributed by atoms with Gasteiger partial charge in [0.2, 0.25) is 0 Å². The SMILES string of the molecule is CCNC(=NCCc1cccc(O)c1)N1CCC(CC(C)C)C1. The average Bonchev–Trinajstić information content (AvgIpc) is 2.94. The summed E-state index contributed by atoms with van der Waals surface area (Å²) in [5.41, 5.74) is 1.13. The lowest BCUT2D eigenvalue weighted by atomic mass is 9.97. The summed E-state index contributed by atoms with van der Waals surface area (Å²) in [4.78, 5) is 7.19. The Kier molecular flexibility index (Phi) is 6.75. The van der Waals surface area contributed by atoms with Crippen molar-refractivity contribution in [2.75, 3.05) is 26.2 Å². The Hall–Kier alpha value is -1.71. The minimum atomic E-state index is 0.328. The predicted octanol–water partition coefficient (Wildman–Crippen LogP) is 3.27. The van der Waals surface area contributed by atoms with Crippen molar-refractivity contribution in [3.8, 4) is 5.75 Å². The summed E-state index contributed by atoms with van der Waals surface area (Å²) < 4.78 is 0. The van der Waals surface area contributed by atoms with Gasteiger partial charge in [0.25, 0.3) is 0 Å². The van der Waals surface area contributed by atoms with Crippen molar-refractivity contribution in [2.24, 2.45) is 16.8 Å². The Morgan fingerprint density at radius 2 is 2.26 bits per heavy atom. The highest BCUT2D eigenvalue weighted by atomic mass is 16.3. The molecular formula is C19H31N3O. The normalized spacial score (nSPS) is 18.7. The van der Waals surface area contributed by atoms with Gasteiger partial charge in [0.1, 0.15) is 5.75 Å². The van der Waals surface area contributed by atoms with E-state index in [-0.39, 0.29) is 0 Å². The number of hydrogen-bond donors (Lipinski definition) is 2. The van der Waals surface area contributed by atoms with Crippen LogP contribution >= 0.6 is 0 Å². The maximum absolute atomic E-state index is 9.52. The summed E-state index contributed by atoms with van der Waals surface area (Å²) in [6, 6.07) is 7.44. The van der Waals surface area contributed by atoms with Gasteiger partial charge >= 0.3 is 0 Å². The second kappa shape index (κ2) is 8.80. The van der Waals surface area contributed by atoms with Crippen molar-refractivity contribution in [3.05, 3.63) is 29.8 Å². The van der Waals surface area contributed by atoms with Gasteiger partial charge in [-0.15, -0.1) is 0 Å². The summed E-state index contributed by atoms with van der Waals surface area (Å²) in [6.45, 7) is 10.6. The summed E-state index contributed by atoms with van der Waals surface area (Å²) in [6.07, 6.45) is 3.43. The molecule has 0 saturated carbocycles. The molecule has 1 aliphatic rings. The maximum atomic E-state index is 9.52. The van der Waals surface area contributed by atoms with Crippen LogP contribution in [0.15, 0.2) is 29.3 Å². The second-order valence-electron chi connectivity index (χ2n) is 6.89. The molecule has 4 heteroatoms. The van der Waals surface area contributed by atoms with Crippen LogP contribution in [0.3, 0.4) is 0 Å². The zero-order chi connectivity index (χ0) is 16.7. The Balaban J connectivity index is 1.90. The van der Waals surface area contributed by atoms with E-state index in [0.29, 0.717) is 5.75 Å². The topological polar surface area (TPSA) is 47.9 Å². The summed E-state index contributed by atoms with van der Waals surface area (Å²) in [5, 5.41) is 12.9. The van der Waals surface area contributed by atoms with E-state index in [1.165, 1.54) is 12.8 Å². The van der Waals surface area contributed by atoms with Crippen molar-refractivity contribution in [1.29, 1.82) is 0 Å². The standard InChI is InChI=1S/C19H31N3O/c1-4-20-19(22-11-9-17(14-22)12-15(2)3)21-10-8-16-6-5-7-18(23)13-16/h5-7,13,15,17,23H,4,8-12,14H2,1-3H3,(H,20,21). The first-order chi connectivity index (χ1) is 11.1. The Labute approximate surface area is 140 Å². The number of phenolic OH excluding ortho intramolecular Hbond substituents is 1. The fraction of sp³-hybridized carbons (Fsp3) is 0.632. The van der Waals surface area contributed by atoms with Crippen LogP contribution < -0.4 is 5.32 Å². The quantitative estimate of drug-likeness (QED) is 0.625. The molecule has 0 aromatic heterocycles. The molecule has 1 aromatic carbocycles. The van der Waals surface area contributed by atoms with Crippen LogP contribution in [0.1, 0.15) is 39.2 Å². The van der Waals surface area contributed by atoms with Gasteiger partial charge < -0.3 is 15.3 Å². The maximum Gasteiger partial charge on any atom is 0.193 e. The lowest BCUT2D eigenvalue weighted by Crippen LogP contribution is -2.40. The summed E-state index contributed by atoms with van der Waals surface area (Å²) >= 11 is 0. The van der Waals surface area contributed by atoms with Gasteiger partial charge in [-0.25, -0.2) is 0 Å². The van der Waals surface area contributed by atoms with Crippen LogP contribution in [0.4, 0.5) is 0 Å². The van der Waals surface area contributed by atoms with E-state index < -0.39 is 0 Å². The highest BCUT2D eigenvalue weighted by molar-refractivity contribution is 5.80. The molecule has 1 unspecified atom stereocenters. The Morgan fingerprint density at radius 1 is 1.43 bits per heavy atom. The van der Waals surface area contributed by atoms with Gasteiger partial charge in [-0.2, -0.15) is 0 Å². The highest BCUT2D eigenvalue weighted by Gasteiger charge is 2.25. The number of guanidine groups is 1. The van der Waals surface area contributed by atoms with Gasteiger partial charge in [-0.3, -0.25) is 4.99 Å². The summed E-state index contributed by atoms with van der Waals surface area (Å²) in [7, 11) is 0. The first kappa shape index (κ1) is 17.6. The van der Waals surface area contributed by atoms with Crippen LogP contribution in [0.25, 0.3) is 0 Å². The molecule has 23 heavy (non-hydrogen) atoms. The molecule has 1 heterocycles. The molecule has 0 spiro atoms. The van der Waals surface area contributed by atoms with E-state index in [1.807, 2.05) is 18.2 Å². The summed E-state index contributed by atoms with van der Waals surface area (Å²) in [5.74, 6) is 2.93. The predicted molar refractivity (Wildman–Crippen MR) is 96.9 cm³/mol. The number of nitrogens with zero attached hydrogens (tertiary/aromatic N) is 2. The molecule has 0 bridgehead atoms. The number of likely N-dealkylation sites (tertiary alicyclic amines) is 1. The minimum Gasteiger partial charge on any atom is -0.508 e. The largest absolute Gasteiger partial charge is 0.508 e. The first-order valence-corrected chi connectivity index (χ1v) is 8.89. The van der Waals surface area contributed by atoms with Crippen LogP contribution in [-0.4, -0.2) is 42.1 Å². The number of aromatic hydroxyl groups is 1. The zero-order valence-corrected chi connectivity index (χ0v) is 14.8. The average molecular weight is 317 g/mol. The van der Waals surface area contributed by atoms with Crippen LogP contribution in [0.2, 0.25) is 0 Å². The molecule has 0 radical (unpaired) electrons. The van der Waals surface area contributed by atoms with Crippen LogP contribution in [0, 0.1) is 11.8 Å². The number of aliphatic imine (C=N–C) groups is 1. The molecule has 4 nitrogen and oxygen atoms in total. The van der Waals surface area contributed by atoms with Crippen molar-refractivity contribution in [3.63, 3.8) is 0 Å². The first-order valence-electron chi connectivity index (χ1n) is 8.89. The van der Waals surface area contributed by atoms with Gasteiger partial charge in [-0.1, -0.05) is 26.0 Å². The zero-order valence-electron chi connectivity index (χ0n) is 14.8. The number of hydrogen-bond acceptors (Lipinski definition) is 2. The minimum absolute atomic E-state index is 0.328. The fourth-order valence-electron chi connectivity index (χ4n) is 3.31. The van der Waals surface area contributed by atoms with Crippen molar-refractivity contribution in [1.82, 2.24) is 10.2 Å². The molecule has 128 valence electrons.